The van der Waals surface area contributed by atoms with Crippen LogP contribution in [0.25, 0.3) is 0 Å². The zero-order valence-corrected chi connectivity index (χ0v) is 11.3. The quantitative estimate of drug-likeness (QED) is 0.712. The van der Waals surface area contributed by atoms with Crippen molar-refractivity contribution in [2.75, 3.05) is 34.2 Å². The van der Waals surface area contributed by atoms with Crippen LogP contribution < -0.4 is 5.32 Å². The highest BCUT2D eigenvalue weighted by Crippen LogP contribution is 2.07. The van der Waals surface area contributed by atoms with Gasteiger partial charge in [0.15, 0.2) is 0 Å². The van der Waals surface area contributed by atoms with Crippen molar-refractivity contribution >= 4 is 12.0 Å². The van der Waals surface area contributed by atoms with Gasteiger partial charge in [0, 0.05) is 25.7 Å². The largest absolute Gasteiger partial charge is 0.481 e. The van der Waals surface area contributed by atoms with Crippen LogP contribution in [0.15, 0.2) is 0 Å². The molecule has 0 aliphatic heterocycles. The van der Waals surface area contributed by atoms with Crippen molar-refractivity contribution in [3.63, 3.8) is 0 Å². The van der Waals surface area contributed by atoms with E-state index in [1.165, 1.54) is 4.90 Å². The summed E-state index contributed by atoms with van der Waals surface area (Å²) >= 11 is 0. The van der Waals surface area contributed by atoms with Crippen LogP contribution in [0, 0.1) is 0 Å². The molecule has 0 aliphatic rings. The third-order valence-electron chi connectivity index (χ3n) is 2.89. The van der Waals surface area contributed by atoms with E-state index in [4.69, 9.17) is 5.11 Å². The summed E-state index contributed by atoms with van der Waals surface area (Å²) in [6.07, 6.45) is -0.0407. The van der Waals surface area contributed by atoms with Crippen molar-refractivity contribution in [3.05, 3.63) is 0 Å². The third-order valence-corrected chi connectivity index (χ3v) is 2.89. The van der Waals surface area contributed by atoms with Crippen LogP contribution in [0.3, 0.4) is 0 Å². The first-order valence-electron chi connectivity index (χ1n) is 5.55. The molecule has 2 N–H and O–H groups in total. The maximum Gasteiger partial charge on any atom is 0.317 e. The highest BCUT2D eigenvalue weighted by atomic mass is 16.4. The summed E-state index contributed by atoms with van der Waals surface area (Å²) in [5, 5.41) is 11.3. The molecule has 0 bridgehead atoms. The summed E-state index contributed by atoms with van der Waals surface area (Å²) < 4.78 is 0. The summed E-state index contributed by atoms with van der Waals surface area (Å²) in [4.78, 5) is 25.4. The highest BCUT2D eigenvalue weighted by molar-refractivity contribution is 5.75. The number of likely N-dealkylation sites (N-methyl/N-ethyl adjacent to an activating group) is 1. The minimum Gasteiger partial charge on any atom is -0.481 e. The van der Waals surface area contributed by atoms with E-state index in [-0.39, 0.29) is 24.5 Å². The van der Waals surface area contributed by atoms with E-state index in [0.717, 1.165) is 0 Å². The SMILES string of the molecule is CN(CCC(=O)O)C(=O)NCC(C)(C)N(C)C. The number of aliphatic carboxylic acids is 1. The molecule has 100 valence electrons. The molecule has 0 rings (SSSR count). The fraction of sp³-hybridized carbons (Fsp3) is 0.818. The molecule has 17 heavy (non-hydrogen) atoms. The maximum atomic E-state index is 11.6. The van der Waals surface area contributed by atoms with Gasteiger partial charge in [-0.2, -0.15) is 0 Å². The molecule has 6 nitrogen and oxygen atoms in total. The zero-order chi connectivity index (χ0) is 13.6. The number of carboxylic acids is 1. The second-order valence-corrected chi connectivity index (χ2v) is 4.93. The molecule has 0 saturated carbocycles. The van der Waals surface area contributed by atoms with Crippen molar-refractivity contribution in [1.29, 1.82) is 0 Å². The number of amides is 2. The molecular weight excluding hydrogens is 222 g/mol. The minimum absolute atomic E-state index is 0.0407. The minimum atomic E-state index is -0.904. The van der Waals surface area contributed by atoms with E-state index in [0.29, 0.717) is 6.54 Å². The lowest BCUT2D eigenvalue weighted by molar-refractivity contribution is -0.137. The molecule has 0 spiro atoms. The lowest BCUT2D eigenvalue weighted by Gasteiger charge is -2.33. The van der Waals surface area contributed by atoms with E-state index in [1.807, 2.05) is 32.8 Å². The lowest BCUT2D eigenvalue weighted by atomic mass is 10.0. The van der Waals surface area contributed by atoms with Crippen LogP contribution >= 0.6 is 0 Å². The molecule has 0 aromatic heterocycles. The Hall–Kier alpha value is -1.30. The molecule has 6 heteroatoms. The molecule has 0 saturated heterocycles. The first kappa shape index (κ1) is 15.7. The first-order chi connectivity index (χ1) is 7.66. The van der Waals surface area contributed by atoms with Crippen LogP contribution in [0.5, 0.6) is 0 Å². The van der Waals surface area contributed by atoms with Gasteiger partial charge in [-0.1, -0.05) is 0 Å². The second kappa shape index (κ2) is 6.44. The Morgan fingerprint density at radius 2 is 1.76 bits per heavy atom. The molecule has 0 heterocycles. The average molecular weight is 245 g/mol. The van der Waals surface area contributed by atoms with Gasteiger partial charge in [-0.3, -0.25) is 4.79 Å². The number of rotatable bonds is 6. The van der Waals surface area contributed by atoms with Crippen molar-refractivity contribution in [2.45, 2.75) is 25.8 Å². The third kappa shape index (κ3) is 6.11. The Morgan fingerprint density at radius 3 is 2.18 bits per heavy atom. The van der Waals surface area contributed by atoms with Crippen molar-refractivity contribution < 1.29 is 14.7 Å². The van der Waals surface area contributed by atoms with E-state index >= 15 is 0 Å². The fourth-order valence-electron chi connectivity index (χ4n) is 0.950. The molecule has 0 atom stereocenters. The van der Waals surface area contributed by atoms with Gasteiger partial charge < -0.3 is 20.2 Å². The fourth-order valence-corrected chi connectivity index (χ4v) is 0.950. The predicted octanol–water partition coefficient (Wildman–Crippen LogP) is 0.443. The number of carbonyl (C=O) groups excluding carboxylic acids is 1. The Bertz CT molecular complexity index is 277. The molecular formula is C11H23N3O3. The summed E-state index contributed by atoms with van der Waals surface area (Å²) in [7, 11) is 5.47. The summed E-state index contributed by atoms with van der Waals surface area (Å²) in [5.74, 6) is -0.904. The lowest BCUT2D eigenvalue weighted by Crippen LogP contribution is -2.50. The first-order valence-corrected chi connectivity index (χ1v) is 5.55. The Balaban J connectivity index is 4.05. The van der Waals surface area contributed by atoms with Crippen LogP contribution in [0.1, 0.15) is 20.3 Å². The van der Waals surface area contributed by atoms with Gasteiger partial charge >= 0.3 is 12.0 Å². The number of carbonyl (C=O) groups is 2. The zero-order valence-electron chi connectivity index (χ0n) is 11.3. The number of nitrogens with one attached hydrogen (secondary N) is 1. The van der Waals surface area contributed by atoms with Gasteiger partial charge in [-0.15, -0.1) is 0 Å². The molecule has 0 unspecified atom stereocenters. The molecule has 2 amide bonds. The smallest absolute Gasteiger partial charge is 0.317 e. The van der Waals surface area contributed by atoms with Gasteiger partial charge in [-0.05, 0) is 27.9 Å². The highest BCUT2D eigenvalue weighted by Gasteiger charge is 2.21. The Labute approximate surface area is 103 Å². The molecule has 0 fully saturated rings. The van der Waals surface area contributed by atoms with Crippen LogP contribution in [-0.2, 0) is 4.79 Å². The monoisotopic (exact) mass is 245 g/mol. The Morgan fingerprint density at radius 1 is 1.24 bits per heavy atom. The van der Waals surface area contributed by atoms with E-state index in [9.17, 15) is 9.59 Å². The number of hydrogen-bond donors (Lipinski definition) is 2. The summed E-state index contributed by atoms with van der Waals surface area (Å²) in [5.41, 5.74) is -0.136. The van der Waals surface area contributed by atoms with Gasteiger partial charge in [0.05, 0.1) is 6.42 Å². The van der Waals surface area contributed by atoms with Crippen molar-refractivity contribution in [2.24, 2.45) is 0 Å². The number of hydrogen-bond acceptors (Lipinski definition) is 3. The summed E-state index contributed by atoms with van der Waals surface area (Å²) in [6, 6.07) is -0.249. The number of urea groups is 1. The van der Waals surface area contributed by atoms with Gasteiger partial charge in [-0.25, -0.2) is 4.79 Å². The standard InChI is InChI=1S/C11H23N3O3/c1-11(2,13(3)4)8-12-10(17)14(5)7-6-9(15)16/h6-8H2,1-5H3,(H,12,17)(H,15,16). The number of carboxylic acid groups (broad SMARTS) is 1. The van der Waals surface area contributed by atoms with Gasteiger partial charge in [0.25, 0.3) is 0 Å². The molecule has 0 radical (unpaired) electrons. The predicted molar refractivity (Wildman–Crippen MR) is 66.0 cm³/mol. The van der Waals surface area contributed by atoms with Crippen LogP contribution in [0.2, 0.25) is 0 Å². The second-order valence-electron chi connectivity index (χ2n) is 4.93. The topological polar surface area (TPSA) is 72.9 Å². The van der Waals surface area contributed by atoms with E-state index in [2.05, 4.69) is 5.32 Å². The molecule has 0 aromatic carbocycles. The van der Waals surface area contributed by atoms with Crippen molar-refractivity contribution in [3.8, 4) is 0 Å². The molecule has 0 aliphatic carbocycles. The van der Waals surface area contributed by atoms with Crippen LogP contribution in [0.4, 0.5) is 4.79 Å². The van der Waals surface area contributed by atoms with Crippen molar-refractivity contribution in [1.82, 2.24) is 15.1 Å². The maximum absolute atomic E-state index is 11.6. The van der Waals surface area contributed by atoms with Gasteiger partial charge in [0.2, 0.25) is 0 Å². The van der Waals surface area contributed by atoms with E-state index < -0.39 is 5.97 Å². The normalized spacial score (nSPS) is 11.4. The average Bonchev–Trinajstić information content (AvgIpc) is 2.22. The molecule has 0 aromatic rings. The van der Waals surface area contributed by atoms with E-state index in [1.54, 1.807) is 7.05 Å². The number of nitrogens with zero attached hydrogens (tertiary/aromatic N) is 2. The Kier molecular flexibility index (Phi) is 5.95. The van der Waals surface area contributed by atoms with Crippen LogP contribution in [-0.4, -0.2) is 66.7 Å². The van der Waals surface area contributed by atoms with Gasteiger partial charge in [0.1, 0.15) is 0 Å². The summed E-state index contributed by atoms with van der Waals surface area (Å²) in [6.45, 7) is 4.76.